The molecule has 1 aromatic rings. The molecule has 1 rings (SSSR count). The maximum absolute atomic E-state index is 10.9. The molecule has 0 atom stereocenters. The maximum Gasteiger partial charge on any atom is 0.192 e. The predicted octanol–water partition coefficient (Wildman–Crippen LogP) is 4.44. The Kier molecular flexibility index (Phi) is 5.79. The van der Waals surface area contributed by atoms with E-state index in [-0.39, 0.29) is 10.2 Å². The SMILES string of the molecule is CC(=O)SCc1csc(CO[Si](C)(C)C(C)(C)C)n1. The van der Waals surface area contributed by atoms with Crippen LogP contribution in [0, 0.1) is 0 Å². The Hall–Kier alpha value is -0.173. The molecule has 0 saturated carbocycles. The Labute approximate surface area is 125 Å². The maximum atomic E-state index is 10.9. The van der Waals surface area contributed by atoms with Gasteiger partial charge in [-0.3, -0.25) is 4.79 Å². The van der Waals surface area contributed by atoms with Gasteiger partial charge in [-0.25, -0.2) is 4.98 Å². The summed E-state index contributed by atoms with van der Waals surface area (Å²) >= 11 is 2.91. The molecule has 3 nitrogen and oxygen atoms in total. The van der Waals surface area contributed by atoms with E-state index in [1.54, 1.807) is 18.3 Å². The lowest BCUT2D eigenvalue weighted by Gasteiger charge is -2.35. The van der Waals surface area contributed by atoms with Crippen LogP contribution in [-0.4, -0.2) is 18.4 Å². The fourth-order valence-corrected chi connectivity index (χ4v) is 3.46. The minimum absolute atomic E-state index is 0.132. The van der Waals surface area contributed by atoms with Crippen molar-refractivity contribution in [2.24, 2.45) is 0 Å². The molecule has 0 amide bonds. The molecular formula is C13H23NO2S2Si. The average Bonchev–Trinajstić information content (AvgIpc) is 2.70. The molecule has 0 aliphatic carbocycles. The van der Waals surface area contributed by atoms with Crippen molar-refractivity contribution in [3.63, 3.8) is 0 Å². The minimum atomic E-state index is -1.71. The molecule has 1 heterocycles. The molecule has 0 spiro atoms. The lowest BCUT2D eigenvalue weighted by molar-refractivity contribution is -0.109. The van der Waals surface area contributed by atoms with Crippen LogP contribution >= 0.6 is 23.1 Å². The predicted molar refractivity (Wildman–Crippen MR) is 86.1 cm³/mol. The van der Waals surface area contributed by atoms with E-state index in [1.807, 2.05) is 5.38 Å². The largest absolute Gasteiger partial charge is 0.410 e. The molecule has 1 aromatic heterocycles. The van der Waals surface area contributed by atoms with Crippen LogP contribution in [0.3, 0.4) is 0 Å². The summed E-state index contributed by atoms with van der Waals surface area (Å²) in [6.45, 7) is 13.4. The number of thiazole rings is 1. The van der Waals surface area contributed by atoms with E-state index in [9.17, 15) is 4.79 Å². The molecule has 0 aliphatic heterocycles. The van der Waals surface area contributed by atoms with Crippen molar-refractivity contribution in [3.8, 4) is 0 Å². The summed E-state index contributed by atoms with van der Waals surface area (Å²) < 4.78 is 6.13. The van der Waals surface area contributed by atoms with E-state index >= 15 is 0 Å². The minimum Gasteiger partial charge on any atom is -0.410 e. The number of thioether (sulfide) groups is 1. The van der Waals surface area contributed by atoms with E-state index < -0.39 is 8.32 Å². The molecule has 6 heteroatoms. The lowest BCUT2D eigenvalue weighted by atomic mass is 10.2. The van der Waals surface area contributed by atoms with Crippen LogP contribution in [0.5, 0.6) is 0 Å². The zero-order chi connectivity index (χ0) is 14.7. The van der Waals surface area contributed by atoms with Crippen molar-refractivity contribution in [2.45, 2.75) is 58.2 Å². The van der Waals surface area contributed by atoms with Gasteiger partial charge in [0.15, 0.2) is 13.4 Å². The summed E-state index contributed by atoms with van der Waals surface area (Å²) in [6.07, 6.45) is 0. The normalized spacial score (nSPS) is 12.7. The number of hydrogen-bond donors (Lipinski definition) is 0. The average molecular weight is 318 g/mol. The highest BCUT2D eigenvalue weighted by atomic mass is 32.2. The number of nitrogens with zero attached hydrogens (tertiary/aromatic N) is 1. The number of rotatable bonds is 5. The molecule has 0 aromatic carbocycles. The lowest BCUT2D eigenvalue weighted by Crippen LogP contribution is -2.40. The second-order valence-corrected chi connectivity index (χ2v) is 13.0. The summed E-state index contributed by atoms with van der Waals surface area (Å²) in [5.41, 5.74) is 0.971. The molecule has 0 aliphatic rings. The van der Waals surface area contributed by atoms with Gasteiger partial charge < -0.3 is 4.43 Å². The standard InChI is InChI=1S/C13H23NO2S2Si/c1-10(15)17-8-11-9-18-12(14-11)7-16-19(5,6)13(2,3)4/h9H,7-8H2,1-6H3. The fraction of sp³-hybridized carbons (Fsp3) is 0.692. The van der Waals surface area contributed by atoms with Gasteiger partial charge in [-0.1, -0.05) is 32.5 Å². The molecule has 0 bridgehead atoms. The number of carbonyl (C=O) groups excluding carboxylic acids is 1. The first-order chi connectivity index (χ1) is 8.62. The molecule has 0 unspecified atom stereocenters. The van der Waals surface area contributed by atoms with Crippen molar-refractivity contribution < 1.29 is 9.22 Å². The van der Waals surface area contributed by atoms with E-state index in [2.05, 4.69) is 38.8 Å². The van der Waals surface area contributed by atoms with Gasteiger partial charge in [0, 0.05) is 18.1 Å². The number of aromatic nitrogens is 1. The molecule has 0 fully saturated rings. The third kappa shape index (κ3) is 5.37. The number of hydrogen-bond acceptors (Lipinski definition) is 5. The number of carbonyl (C=O) groups is 1. The van der Waals surface area contributed by atoms with Gasteiger partial charge in [-0.05, 0) is 18.1 Å². The highest BCUT2D eigenvalue weighted by Crippen LogP contribution is 2.37. The Balaban J connectivity index is 2.53. The van der Waals surface area contributed by atoms with Gasteiger partial charge in [-0.15, -0.1) is 11.3 Å². The Morgan fingerprint density at radius 1 is 1.47 bits per heavy atom. The van der Waals surface area contributed by atoms with Gasteiger partial charge in [-0.2, -0.15) is 0 Å². The van der Waals surface area contributed by atoms with Crippen LogP contribution < -0.4 is 0 Å². The molecular weight excluding hydrogens is 294 g/mol. The molecule has 0 N–H and O–H groups in total. The summed E-state index contributed by atoms with van der Waals surface area (Å²) in [4.78, 5) is 15.4. The van der Waals surface area contributed by atoms with Crippen LogP contribution in [0.15, 0.2) is 5.38 Å². The first-order valence-electron chi connectivity index (χ1n) is 6.32. The Morgan fingerprint density at radius 2 is 2.11 bits per heavy atom. The fourth-order valence-electron chi connectivity index (χ4n) is 1.12. The summed E-state index contributed by atoms with van der Waals surface area (Å²) in [5.74, 6) is 0.659. The van der Waals surface area contributed by atoms with E-state index in [0.29, 0.717) is 12.4 Å². The second kappa shape index (κ2) is 6.52. The first kappa shape index (κ1) is 16.9. The van der Waals surface area contributed by atoms with Crippen molar-refractivity contribution in [3.05, 3.63) is 16.1 Å². The monoisotopic (exact) mass is 317 g/mol. The van der Waals surface area contributed by atoms with Gasteiger partial charge in [0.25, 0.3) is 0 Å². The summed E-state index contributed by atoms with van der Waals surface area (Å²) in [5, 5.41) is 3.37. The van der Waals surface area contributed by atoms with Gasteiger partial charge in [0.05, 0.1) is 12.3 Å². The van der Waals surface area contributed by atoms with Crippen LogP contribution in [-0.2, 0) is 21.6 Å². The quantitative estimate of drug-likeness (QED) is 0.752. The van der Waals surface area contributed by atoms with Crippen molar-refractivity contribution >= 4 is 36.5 Å². The van der Waals surface area contributed by atoms with E-state index in [4.69, 9.17) is 4.43 Å². The molecule has 108 valence electrons. The van der Waals surface area contributed by atoms with Crippen molar-refractivity contribution in [1.29, 1.82) is 0 Å². The smallest absolute Gasteiger partial charge is 0.192 e. The molecule has 0 saturated heterocycles. The van der Waals surface area contributed by atoms with E-state index in [1.165, 1.54) is 11.8 Å². The highest BCUT2D eigenvalue weighted by Gasteiger charge is 2.37. The van der Waals surface area contributed by atoms with Crippen molar-refractivity contribution in [2.75, 3.05) is 0 Å². The van der Waals surface area contributed by atoms with Gasteiger partial charge in [0.1, 0.15) is 5.01 Å². The first-order valence-corrected chi connectivity index (χ1v) is 11.1. The topological polar surface area (TPSA) is 39.2 Å². The summed E-state index contributed by atoms with van der Waals surface area (Å²) in [7, 11) is -1.71. The molecule has 19 heavy (non-hydrogen) atoms. The Bertz CT molecular complexity index is 438. The molecule has 0 radical (unpaired) electrons. The Morgan fingerprint density at radius 3 is 2.63 bits per heavy atom. The highest BCUT2D eigenvalue weighted by molar-refractivity contribution is 8.12. The zero-order valence-corrected chi connectivity index (χ0v) is 15.2. The third-order valence-corrected chi connectivity index (χ3v) is 9.58. The summed E-state index contributed by atoms with van der Waals surface area (Å²) in [6, 6.07) is 0. The van der Waals surface area contributed by atoms with E-state index in [0.717, 1.165) is 10.7 Å². The zero-order valence-electron chi connectivity index (χ0n) is 12.6. The van der Waals surface area contributed by atoms with Gasteiger partial charge in [0.2, 0.25) is 0 Å². The van der Waals surface area contributed by atoms with Crippen LogP contribution in [0.25, 0.3) is 0 Å². The van der Waals surface area contributed by atoms with Crippen LogP contribution in [0.2, 0.25) is 18.1 Å². The third-order valence-electron chi connectivity index (χ3n) is 3.39. The van der Waals surface area contributed by atoms with Gasteiger partial charge >= 0.3 is 0 Å². The van der Waals surface area contributed by atoms with Crippen LogP contribution in [0.4, 0.5) is 0 Å². The second-order valence-electron chi connectivity index (χ2n) is 6.06. The van der Waals surface area contributed by atoms with Crippen LogP contribution in [0.1, 0.15) is 38.4 Å². The van der Waals surface area contributed by atoms with Crippen molar-refractivity contribution in [1.82, 2.24) is 4.98 Å².